The summed E-state index contributed by atoms with van der Waals surface area (Å²) < 4.78 is 2.31. The molecule has 5 nitrogen and oxygen atoms in total. The minimum absolute atomic E-state index is 0.140. The Morgan fingerprint density at radius 2 is 2.04 bits per heavy atom. The highest BCUT2D eigenvalue weighted by molar-refractivity contribution is 8.00. The van der Waals surface area contributed by atoms with E-state index in [1.165, 1.54) is 25.7 Å². The Kier molecular flexibility index (Phi) is 3.48. The number of hydrogen-bond acceptors (Lipinski definition) is 4. The average Bonchev–Trinajstić information content (AvgIpc) is 3.56. The lowest BCUT2D eigenvalue weighted by molar-refractivity contribution is 0.0995. The number of H-pyrrole nitrogens is 1. The molecule has 2 aliphatic rings. The average molecular weight is 352 g/mol. The first kappa shape index (κ1) is 15.2. The molecule has 2 heterocycles. The Balaban J connectivity index is 1.42. The molecule has 0 radical (unpaired) electrons. The molecule has 128 valence electrons. The second kappa shape index (κ2) is 5.73. The van der Waals surface area contributed by atoms with Crippen molar-refractivity contribution < 1.29 is 4.79 Å². The van der Waals surface area contributed by atoms with Crippen LogP contribution in [0.1, 0.15) is 60.7 Å². The van der Waals surface area contributed by atoms with Gasteiger partial charge in [-0.3, -0.25) is 4.79 Å². The summed E-state index contributed by atoms with van der Waals surface area (Å²) in [6, 6.07) is 8.48. The van der Waals surface area contributed by atoms with Crippen LogP contribution < -0.4 is 0 Å². The van der Waals surface area contributed by atoms with E-state index in [4.69, 9.17) is 0 Å². The number of para-hydroxylation sites is 1. The van der Waals surface area contributed by atoms with E-state index in [2.05, 4.69) is 19.7 Å². The van der Waals surface area contributed by atoms with Gasteiger partial charge in [-0.1, -0.05) is 30.0 Å². The van der Waals surface area contributed by atoms with E-state index in [9.17, 15) is 4.79 Å². The van der Waals surface area contributed by atoms with Gasteiger partial charge in [0.25, 0.3) is 0 Å². The van der Waals surface area contributed by atoms with E-state index < -0.39 is 0 Å². The fourth-order valence-corrected chi connectivity index (χ4v) is 4.36. The van der Waals surface area contributed by atoms with Gasteiger partial charge in [0.15, 0.2) is 10.9 Å². The first-order chi connectivity index (χ1) is 12.2. The summed E-state index contributed by atoms with van der Waals surface area (Å²) >= 11 is 1.55. The Morgan fingerprint density at radius 3 is 2.80 bits per heavy atom. The van der Waals surface area contributed by atoms with E-state index in [-0.39, 0.29) is 11.0 Å². The largest absolute Gasteiger partial charge is 0.360 e. The van der Waals surface area contributed by atoms with Crippen molar-refractivity contribution in [2.75, 3.05) is 0 Å². The lowest BCUT2D eigenvalue weighted by Gasteiger charge is -2.12. The van der Waals surface area contributed by atoms with Crippen LogP contribution in [0.4, 0.5) is 0 Å². The number of ketones is 1. The van der Waals surface area contributed by atoms with Gasteiger partial charge in [0.1, 0.15) is 5.82 Å². The molecule has 1 N–H and O–H groups in total. The Morgan fingerprint density at radius 1 is 1.24 bits per heavy atom. The summed E-state index contributed by atoms with van der Waals surface area (Å²) in [5.74, 6) is 1.86. The van der Waals surface area contributed by atoms with E-state index >= 15 is 0 Å². The summed E-state index contributed by atoms with van der Waals surface area (Å²) in [7, 11) is 0. The van der Waals surface area contributed by atoms with Gasteiger partial charge in [-0.2, -0.15) is 0 Å². The van der Waals surface area contributed by atoms with Gasteiger partial charge in [-0.05, 0) is 38.7 Å². The highest BCUT2D eigenvalue weighted by Crippen LogP contribution is 2.46. The summed E-state index contributed by atoms with van der Waals surface area (Å²) in [4.78, 5) is 16.2. The van der Waals surface area contributed by atoms with Crippen molar-refractivity contribution in [2.24, 2.45) is 0 Å². The quantitative estimate of drug-likeness (QED) is 0.529. The third kappa shape index (κ3) is 2.68. The summed E-state index contributed by atoms with van der Waals surface area (Å²) in [6.45, 7) is 1.97. The van der Waals surface area contributed by atoms with Crippen molar-refractivity contribution in [1.29, 1.82) is 0 Å². The van der Waals surface area contributed by atoms with Crippen molar-refractivity contribution in [1.82, 2.24) is 19.7 Å². The van der Waals surface area contributed by atoms with Crippen LogP contribution >= 0.6 is 11.8 Å². The molecule has 0 spiro atoms. The molecule has 1 aromatic carbocycles. The van der Waals surface area contributed by atoms with Gasteiger partial charge in [-0.25, -0.2) is 0 Å². The number of nitrogens with zero attached hydrogens (tertiary/aromatic N) is 3. The molecule has 0 unspecified atom stereocenters. The minimum Gasteiger partial charge on any atom is -0.360 e. The first-order valence-electron chi connectivity index (χ1n) is 8.94. The standard InChI is InChI=1S/C19H20N4OS/c1-11(17(24)15-10-20-16-5-3-2-4-14(15)16)25-19-22-21-18(12-6-7-12)23(19)13-8-9-13/h2-5,10-13,20H,6-9H2,1H3/t11-/m0/s1. The lowest BCUT2D eigenvalue weighted by Crippen LogP contribution is -2.14. The molecule has 1 atom stereocenters. The lowest BCUT2D eigenvalue weighted by atomic mass is 10.1. The Hall–Kier alpha value is -2.08. The zero-order chi connectivity index (χ0) is 17.0. The molecular weight excluding hydrogens is 332 g/mol. The SMILES string of the molecule is C[C@H](Sc1nnc(C2CC2)n1C1CC1)C(=O)c1c[nH]c2ccccc12. The minimum atomic E-state index is -0.187. The number of aromatic amines is 1. The first-order valence-corrected chi connectivity index (χ1v) is 9.82. The molecule has 0 saturated heterocycles. The van der Waals surface area contributed by atoms with Crippen LogP contribution in [0.25, 0.3) is 10.9 Å². The van der Waals surface area contributed by atoms with Crippen LogP contribution in [-0.4, -0.2) is 30.8 Å². The Bertz CT molecular complexity index is 951. The normalized spacial score (nSPS) is 18.6. The van der Waals surface area contributed by atoms with E-state index in [1.54, 1.807) is 11.8 Å². The Labute approximate surface area is 150 Å². The molecule has 2 aliphatic carbocycles. The molecular formula is C19H20N4OS. The summed E-state index contributed by atoms with van der Waals surface area (Å²) in [5.41, 5.74) is 1.76. The molecule has 25 heavy (non-hydrogen) atoms. The van der Waals surface area contributed by atoms with Gasteiger partial charge in [0.05, 0.1) is 5.25 Å². The van der Waals surface area contributed by atoms with Crippen LogP contribution in [-0.2, 0) is 0 Å². The van der Waals surface area contributed by atoms with Crippen LogP contribution in [0.5, 0.6) is 0 Å². The summed E-state index contributed by atoms with van der Waals surface area (Å²) in [6.07, 6.45) is 6.68. The zero-order valence-corrected chi connectivity index (χ0v) is 14.9. The smallest absolute Gasteiger partial charge is 0.192 e. The van der Waals surface area contributed by atoms with Crippen LogP contribution in [0, 0.1) is 0 Å². The van der Waals surface area contributed by atoms with Gasteiger partial charge < -0.3 is 9.55 Å². The predicted molar refractivity (Wildman–Crippen MR) is 98.2 cm³/mol. The number of thioether (sulfide) groups is 1. The molecule has 2 fully saturated rings. The van der Waals surface area contributed by atoms with Gasteiger partial charge in [0.2, 0.25) is 0 Å². The monoisotopic (exact) mass is 352 g/mol. The number of nitrogens with one attached hydrogen (secondary N) is 1. The number of carbonyl (C=O) groups is 1. The van der Waals surface area contributed by atoms with Crippen LogP contribution in [0.3, 0.4) is 0 Å². The molecule has 0 amide bonds. The second-order valence-corrected chi connectivity index (χ2v) is 8.40. The molecule has 0 aliphatic heterocycles. The number of carbonyl (C=O) groups excluding carboxylic acids is 1. The fourth-order valence-electron chi connectivity index (χ4n) is 3.37. The van der Waals surface area contributed by atoms with Crippen molar-refractivity contribution in [3.8, 4) is 0 Å². The zero-order valence-electron chi connectivity index (χ0n) is 14.1. The highest BCUT2D eigenvalue weighted by atomic mass is 32.2. The molecule has 2 aromatic heterocycles. The number of fused-ring (bicyclic) bond motifs is 1. The van der Waals surface area contributed by atoms with Gasteiger partial charge >= 0.3 is 0 Å². The number of aromatic nitrogens is 4. The number of Topliss-reactive ketones (excluding diaryl/α,β-unsaturated/α-hetero) is 1. The van der Waals surface area contributed by atoms with Crippen molar-refractivity contribution >= 4 is 28.4 Å². The van der Waals surface area contributed by atoms with E-state index in [1.807, 2.05) is 37.4 Å². The third-order valence-corrected chi connectivity index (χ3v) is 6.11. The maximum atomic E-state index is 13.0. The molecule has 3 aromatic rings. The molecule has 2 saturated carbocycles. The van der Waals surface area contributed by atoms with Crippen molar-refractivity contribution in [3.63, 3.8) is 0 Å². The topological polar surface area (TPSA) is 63.6 Å². The van der Waals surface area contributed by atoms with Crippen molar-refractivity contribution in [2.45, 2.75) is 55.0 Å². The van der Waals surface area contributed by atoms with Gasteiger partial charge in [-0.15, -0.1) is 10.2 Å². The summed E-state index contributed by atoms with van der Waals surface area (Å²) in [5, 5.41) is 10.6. The highest BCUT2D eigenvalue weighted by Gasteiger charge is 2.37. The van der Waals surface area contributed by atoms with E-state index in [0.29, 0.717) is 12.0 Å². The maximum absolute atomic E-state index is 13.0. The van der Waals surface area contributed by atoms with Crippen molar-refractivity contribution in [3.05, 3.63) is 41.9 Å². The molecule has 6 heteroatoms. The number of hydrogen-bond donors (Lipinski definition) is 1. The fraction of sp³-hybridized carbons (Fsp3) is 0.421. The predicted octanol–water partition coefficient (Wildman–Crippen LogP) is 4.34. The number of rotatable bonds is 6. The maximum Gasteiger partial charge on any atom is 0.192 e. The van der Waals surface area contributed by atoms with Gasteiger partial charge in [0, 0.05) is 34.6 Å². The third-order valence-electron chi connectivity index (χ3n) is 5.05. The van der Waals surface area contributed by atoms with Crippen LogP contribution in [0.15, 0.2) is 35.6 Å². The number of benzene rings is 1. The van der Waals surface area contributed by atoms with E-state index in [0.717, 1.165) is 27.4 Å². The second-order valence-electron chi connectivity index (χ2n) is 7.09. The molecule has 5 rings (SSSR count). The van der Waals surface area contributed by atoms with Crippen LogP contribution in [0.2, 0.25) is 0 Å². The molecule has 0 bridgehead atoms.